The molecule has 3 nitrogen and oxygen atoms in total. The molecule has 82 valence electrons. The molecular formula is C9H15F2NO2. The largest absolute Gasteiger partial charge is 0.481 e. The summed E-state index contributed by atoms with van der Waals surface area (Å²) in [5.41, 5.74) is -0.724. The van der Waals surface area contributed by atoms with Crippen LogP contribution in [0.15, 0.2) is 0 Å². The van der Waals surface area contributed by atoms with Crippen molar-refractivity contribution in [3.8, 4) is 0 Å². The quantitative estimate of drug-likeness (QED) is 0.761. The number of aliphatic carboxylic acids is 1. The van der Waals surface area contributed by atoms with Gasteiger partial charge in [-0.25, -0.2) is 8.78 Å². The van der Waals surface area contributed by atoms with Gasteiger partial charge < -0.3 is 5.11 Å². The first kappa shape index (κ1) is 11.4. The number of carbonyl (C=O) groups is 1. The third-order valence-corrected chi connectivity index (χ3v) is 2.87. The van der Waals surface area contributed by atoms with Gasteiger partial charge in [-0.1, -0.05) is 0 Å². The van der Waals surface area contributed by atoms with Crippen molar-refractivity contribution in [2.75, 3.05) is 19.6 Å². The molecule has 1 N–H and O–H groups in total. The van der Waals surface area contributed by atoms with Gasteiger partial charge in [0.1, 0.15) is 0 Å². The van der Waals surface area contributed by atoms with Crippen molar-refractivity contribution in [3.05, 3.63) is 0 Å². The molecular weight excluding hydrogens is 192 g/mol. The summed E-state index contributed by atoms with van der Waals surface area (Å²) in [6, 6.07) is 0. The van der Waals surface area contributed by atoms with Gasteiger partial charge in [-0.2, -0.15) is 0 Å². The second-order valence-corrected chi connectivity index (χ2v) is 4.06. The van der Waals surface area contributed by atoms with Crippen LogP contribution in [0.25, 0.3) is 0 Å². The number of alkyl halides is 2. The predicted molar refractivity (Wildman–Crippen MR) is 47.4 cm³/mol. The van der Waals surface area contributed by atoms with E-state index in [1.165, 1.54) is 0 Å². The number of carboxylic acids is 1. The monoisotopic (exact) mass is 207 g/mol. The maximum absolute atomic E-state index is 12.0. The fraction of sp³-hybridized carbons (Fsp3) is 0.889. The molecule has 1 aliphatic heterocycles. The average molecular weight is 207 g/mol. The van der Waals surface area contributed by atoms with Crippen LogP contribution in [0.2, 0.25) is 0 Å². The Morgan fingerprint density at radius 2 is 2.00 bits per heavy atom. The molecule has 1 saturated heterocycles. The summed E-state index contributed by atoms with van der Waals surface area (Å²) >= 11 is 0. The van der Waals surface area contributed by atoms with Gasteiger partial charge in [0.2, 0.25) is 0 Å². The molecule has 0 unspecified atom stereocenters. The highest BCUT2D eigenvalue weighted by molar-refractivity contribution is 5.74. The van der Waals surface area contributed by atoms with E-state index in [1.54, 1.807) is 11.8 Å². The molecule has 0 spiro atoms. The van der Waals surface area contributed by atoms with Crippen LogP contribution in [-0.2, 0) is 4.79 Å². The molecule has 0 saturated carbocycles. The van der Waals surface area contributed by atoms with Crippen LogP contribution in [0.3, 0.4) is 0 Å². The van der Waals surface area contributed by atoms with E-state index in [0.29, 0.717) is 25.9 Å². The number of piperidine rings is 1. The molecule has 14 heavy (non-hydrogen) atoms. The summed E-state index contributed by atoms with van der Waals surface area (Å²) in [4.78, 5) is 12.5. The zero-order valence-corrected chi connectivity index (χ0v) is 8.17. The van der Waals surface area contributed by atoms with Crippen LogP contribution in [-0.4, -0.2) is 42.0 Å². The predicted octanol–water partition coefficient (Wildman–Crippen LogP) is 1.44. The summed E-state index contributed by atoms with van der Waals surface area (Å²) in [6.45, 7) is 2.34. The summed E-state index contributed by atoms with van der Waals surface area (Å²) in [6.07, 6.45) is -1.42. The van der Waals surface area contributed by atoms with Crippen molar-refractivity contribution >= 4 is 5.97 Å². The highest BCUT2D eigenvalue weighted by Crippen LogP contribution is 2.31. The maximum atomic E-state index is 12.0. The Kier molecular flexibility index (Phi) is 3.42. The van der Waals surface area contributed by atoms with Crippen molar-refractivity contribution in [1.82, 2.24) is 4.90 Å². The molecule has 1 aliphatic rings. The van der Waals surface area contributed by atoms with E-state index in [9.17, 15) is 13.6 Å². The minimum absolute atomic E-state index is 0.240. The smallest absolute Gasteiger partial charge is 0.309 e. The van der Waals surface area contributed by atoms with Gasteiger partial charge >= 0.3 is 5.97 Å². The van der Waals surface area contributed by atoms with E-state index in [2.05, 4.69) is 0 Å². The van der Waals surface area contributed by atoms with E-state index in [0.717, 1.165) is 0 Å². The number of hydrogen-bond donors (Lipinski definition) is 1. The van der Waals surface area contributed by atoms with E-state index in [1.807, 2.05) is 0 Å². The Hall–Kier alpha value is -0.710. The third kappa shape index (κ3) is 2.64. The van der Waals surface area contributed by atoms with E-state index in [4.69, 9.17) is 5.11 Å². The van der Waals surface area contributed by atoms with Crippen LogP contribution in [0.4, 0.5) is 8.78 Å². The second-order valence-electron chi connectivity index (χ2n) is 4.06. The molecule has 0 atom stereocenters. The fourth-order valence-corrected chi connectivity index (χ4v) is 1.64. The number of hydrogen-bond acceptors (Lipinski definition) is 2. The minimum atomic E-state index is -2.33. The Morgan fingerprint density at radius 1 is 1.50 bits per heavy atom. The van der Waals surface area contributed by atoms with Gasteiger partial charge in [0.15, 0.2) is 0 Å². The number of rotatable bonds is 3. The summed E-state index contributed by atoms with van der Waals surface area (Å²) < 4.78 is 24.0. The topological polar surface area (TPSA) is 40.5 Å². The second kappa shape index (κ2) is 4.21. The molecule has 0 aromatic heterocycles. The maximum Gasteiger partial charge on any atom is 0.309 e. The standard InChI is InChI=1S/C9H15F2NO2/c1-9(8(13)14)2-4-12(5-3-9)6-7(10)11/h7H,2-6H2,1H3,(H,13,14). The Morgan fingerprint density at radius 3 is 2.36 bits per heavy atom. The third-order valence-electron chi connectivity index (χ3n) is 2.87. The average Bonchev–Trinajstić information content (AvgIpc) is 2.08. The molecule has 1 rings (SSSR count). The van der Waals surface area contributed by atoms with E-state index < -0.39 is 17.8 Å². The van der Waals surface area contributed by atoms with Crippen LogP contribution in [0.5, 0.6) is 0 Å². The molecule has 0 radical (unpaired) electrons. The highest BCUT2D eigenvalue weighted by Gasteiger charge is 2.37. The molecule has 5 heteroatoms. The summed E-state index contributed by atoms with van der Waals surface area (Å²) in [5, 5.41) is 8.90. The van der Waals surface area contributed by atoms with Crippen molar-refractivity contribution in [3.63, 3.8) is 0 Å². The van der Waals surface area contributed by atoms with Gasteiger partial charge in [-0.3, -0.25) is 9.69 Å². The number of nitrogens with zero attached hydrogens (tertiary/aromatic N) is 1. The lowest BCUT2D eigenvalue weighted by atomic mass is 9.80. The first-order valence-electron chi connectivity index (χ1n) is 4.68. The number of halogens is 2. The summed E-state index contributed by atoms with van der Waals surface area (Å²) in [7, 11) is 0. The molecule has 0 aliphatic carbocycles. The molecule has 1 fully saturated rings. The normalized spacial score (nSPS) is 22.6. The first-order chi connectivity index (χ1) is 6.44. The zero-order valence-electron chi connectivity index (χ0n) is 8.17. The lowest BCUT2D eigenvalue weighted by Crippen LogP contribution is -2.44. The van der Waals surface area contributed by atoms with Crippen LogP contribution >= 0.6 is 0 Å². The molecule has 0 aromatic carbocycles. The highest BCUT2D eigenvalue weighted by atomic mass is 19.3. The van der Waals surface area contributed by atoms with Gasteiger partial charge in [-0.15, -0.1) is 0 Å². The molecule has 1 heterocycles. The van der Waals surface area contributed by atoms with Gasteiger partial charge in [0.25, 0.3) is 6.43 Å². The Balaban J connectivity index is 2.42. The van der Waals surface area contributed by atoms with Crippen molar-refractivity contribution < 1.29 is 18.7 Å². The van der Waals surface area contributed by atoms with E-state index >= 15 is 0 Å². The van der Waals surface area contributed by atoms with E-state index in [-0.39, 0.29) is 6.54 Å². The van der Waals surface area contributed by atoms with Gasteiger partial charge in [0.05, 0.1) is 12.0 Å². The van der Waals surface area contributed by atoms with Gasteiger partial charge in [-0.05, 0) is 32.9 Å². The molecule has 0 amide bonds. The van der Waals surface area contributed by atoms with Gasteiger partial charge in [0, 0.05) is 0 Å². The number of likely N-dealkylation sites (tertiary alicyclic amines) is 1. The van der Waals surface area contributed by atoms with Crippen LogP contribution in [0.1, 0.15) is 19.8 Å². The summed E-state index contributed by atoms with van der Waals surface area (Å²) in [5.74, 6) is -0.825. The SMILES string of the molecule is CC1(C(=O)O)CCN(CC(F)F)CC1. The van der Waals surface area contributed by atoms with Crippen molar-refractivity contribution in [2.24, 2.45) is 5.41 Å². The van der Waals surface area contributed by atoms with Crippen LogP contribution in [0, 0.1) is 5.41 Å². The lowest BCUT2D eigenvalue weighted by Gasteiger charge is -2.36. The minimum Gasteiger partial charge on any atom is -0.481 e. The molecule has 0 bridgehead atoms. The van der Waals surface area contributed by atoms with Crippen molar-refractivity contribution in [2.45, 2.75) is 26.2 Å². The Bertz CT molecular complexity index is 213. The molecule has 0 aromatic rings. The first-order valence-corrected chi connectivity index (χ1v) is 4.68. The fourth-order valence-electron chi connectivity index (χ4n) is 1.64. The van der Waals surface area contributed by atoms with Crippen molar-refractivity contribution in [1.29, 1.82) is 0 Å². The van der Waals surface area contributed by atoms with Crippen LogP contribution < -0.4 is 0 Å². The zero-order chi connectivity index (χ0) is 10.8. The number of carboxylic acid groups (broad SMARTS) is 1. The Labute approximate surface area is 81.7 Å². The lowest BCUT2D eigenvalue weighted by molar-refractivity contribution is -0.150.